The Kier molecular flexibility index (Phi) is 5.68. The molecule has 0 fully saturated rings. The van der Waals surface area contributed by atoms with Gasteiger partial charge in [0, 0.05) is 26.0 Å². The molecule has 0 aromatic carbocycles. The summed E-state index contributed by atoms with van der Waals surface area (Å²) in [5, 5.41) is 11.2. The second-order valence-corrected chi connectivity index (χ2v) is 6.93. The minimum Gasteiger partial charge on any atom is -0.385 e. The first-order chi connectivity index (χ1) is 8.79. The molecule has 2 aromatic heterocycles. The van der Waals surface area contributed by atoms with E-state index in [1.165, 1.54) is 9.35 Å². The highest BCUT2D eigenvalue weighted by atomic mass is 79.9. The van der Waals surface area contributed by atoms with Crippen molar-refractivity contribution in [3.05, 3.63) is 27.1 Å². The van der Waals surface area contributed by atoms with E-state index in [9.17, 15) is 0 Å². The number of thiophene rings is 1. The molecule has 0 saturated carbocycles. The van der Waals surface area contributed by atoms with E-state index >= 15 is 0 Å². The molecule has 0 radical (unpaired) electrons. The Morgan fingerprint density at radius 2 is 2.44 bits per heavy atom. The zero-order chi connectivity index (χ0) is 12.8. The lowest BCUT2D eigenvalue weighted by atomic mass is 10.4. The highest BCUT2D eigenvalue weighted by molar-refractivity contribution is 9.11. The molecule has 98 valence electrons. The molecule has 0 saturated heterocycles. The average Bonchev–Trinajstić information content (AvgIpc) is 2.96. The number of ether oxygens (including phenoxy) is 1. The lowest BCUT2D eigenvalue weighted by molar-refractivity contribution is 0.189. The third-order valence-electron chi connectivity index (χ3n) is 2.32. The summed E-state index contributed by atoms with van der Waals surface area (Å²) in [5.41, 5.74) is 1.31. The molecule has 0 bridgehead atoms. The third kappa shape index (κ3) is 4.08. The van der Waals surface area contributed by atoms with Gasteiger partial charge in [-0.15, -0.1) is 21.5 Å². The minimum absolute atomic E-state index is 0.764. The van der Waals surface area contributed by atoms with E-state index in [0.717, 1.165) is 30.5 Å². The fourth-order valence-electron chi connectivity index (χ4n) is 1.46. The van der Waals surface area contributed by atoms with Crippen LogP contribution in [-0.4, -0.2) is 28.5 Å². The SMILES string of the molecule is COCCCn1cnnc1SCc1csc(Br)c1. The number of nitrogens with zero attached hydrogens (tertiary/aromatic N) is 3. The molecule has 0 amide bonds. The van der Waals surface area contributed by atoms with Crippen LogP contribution in [0, 0.1) is 0 Å². The first kappa shape index (κ1) is 14.0. The van der Waals surface area contributed by atoms with Crippen LogP contribution in [-0.2, 0) is 17.0 Å². The minimum atomic E-state index is 0.764. The van der Waals surface area contributed by atoms with Crippen LogP contribution in [0.2, 0.25) is 0 Å². The zero-order valence-corrected chi connectivity index (χ0v) is 13.2. The van der Waals surface area contributed by atoms with E-state index in [4.69, 9.17) is 4.74 Å². The van der Waals surface area contributed by atoms with Crippen LogP contribution in [0.1, 0.15) is 12.0 Å². The topological polar surface area (TPSA) is 39.9 Å². The summed E-state index contributed by atoms with van der Waals surface area (Å²) in [6.45, 7) is 1.66. The maximum atomic E-state index is 5.05. The van der Waals surface area contributed by atoms with Gasteiger partial charge >= 0.3 is 0 Å². The highest BCUT2D eigenvalue weighted by Gasteiger charge is 2.06. The molecule has 7 heteroatoms. The van der Waals surface area contributed by atoms with Gasteiger partial charge in [-0.3, -0.25) is 0 Å². The Balaban J connectivity index is 1.87. The van der Waals surface area contributed by atoms with Gasteiger partial charge < -0.3 is 9.30 Å². The van der Waals surface area contributed by atoms with Gasteiger partial charge in [-0.05, 0) is 39.4 Å². The molecule has 2 aromatic rings. The predicted molar refractivity (Wildman–Crippen MR) is 78.1 cm³/mol. The zero-order valence-electron chi connectivity index (χ0n) is 10.0. The van der Waals surface area contributed by atoms with Crippen LogP contribution < -0.4 is 0 Å². The van der Waals surface area contributed by atoms with Crippen molar-refractivity contribution in [1.82, 2.24) is 14.8 Å². The Morgan fingerprint density at radius 1 is 1.56 bits per heavy atom. The molecule has 18 heavy (non-hydrogen) atoms. The predicted octanol–water partition coefficient (Wildman–Crippen LogP) is 3.43. The fraction of sp³-hybridized carbons (Fsp3) is 0.455. The summed E-state index contributed by atoms with van der Waals surface area (Å²) >= 11 is 6.89. The molecule has 0 spiro atoms. The van der Waals surface area contributed by atoms with Crippen molar-refractivity contribution in [2.45, 2.75) is 23.9 Å². The maximum absolute atomic E-state index is 5.05. The van der Waals surface area contributed by atoms with Crippen molar-refractivity contribution in [2.75, 3.05) is 13.7 Å². The molecule has 2 rings (SSSR count). The second-order valence-electron chi connectivity index (χ2n) is 3.70. The molecule has 0 aliphatic carbocycles. The van der Waals surface area contributed by atoms with Crippen LogP contribution in [0.4, 0.5) is 0 Å². The Hall–Kier alpha value is -0.370. The first-order valence-corrected chi connectivity index (χ1v) is 8.18. The number of thioether (sulfide) groups is 1. The van der Waals surface area contributed by atoms with Gasteiger partial charge in [0.15, 0.2) is 5.16 Å². The number of halogens is 1. The Morgan fingerprint density at radius 3 is 3.17 bits per heavy atom. The molecule has 4 nitrogen and oxygen atoms in total. The first-order valence-electron chi connectivity index (χ1n) is 5.52. The van der Waals surface area contributed by atoms with E-state index in [1.807, 2.05) is 0 Å². The van der Waals surface area contributed by atoms with Gasteiger partial charge in [0.1, 0.15) is 6.33 Å². The van der Waals surface area contributed by atoms with Crippen LogP contribution in [0.25, 0.3) is 0 Å². The van der Waals surface area contributed by atoms with Gasteiger partial charge in [-0.25, -0.2) is 0 Å². The molecule has 0 aliphatic rings. The van der Waals surface area contributed by atoms with E-state index in [2.05, 4.69) is 42.1 Å². The number of hydrogen-bond donors (Lipinski definition) is 0. The summed E-state index contributed by atoms with van der Waals surface area (Å²) in [6, 6.07) is 2.14. The molecule has 0 aliphatic heterocycles. The Bertz CT molecular complexity index is 486. The van der Waals surface area contributed by atoms with Crippen molar-refractivity contribution in [3.63, 3.8) is 0 Å². The smallest absolute Gasteiger partial charge is 0.191 e. The summed E-state index contributed by atoms with van der Waals surface area (Å²) in [7, 11) is 1.72. The van der Waals surface area contributed by atoms with Crippen LogP contribution in [0.15, 0.2) is 26.7 Å². The van der Waals surface area contributed by atoms with Crippen molar-refractivity contribution in [1.29, 1.82) is 0 Å². The van der Waals surface area contributed by atoms with Crippen molar-refractivity contribution >= 4 is 39.0 Å². The van der Waals surface area contributed by atoms with Gasteiger partial charge in [-0.2, -0.15) is 0 Å². The van der Waals surface area contributed by atoms with E-state index in [1.54, 1.807) is 36.5 Å². The number of rotatable bonds is 7. The summed E-state index contributed by atoms with van der Waals surface area (Å²) in [5.74, 6) is 0.922. The summed E-state index contributed by atoms with van der Waals surface area (Å²) in [4.78, 5) is 0. The lowest BCUT2D eigenvalue weighted by Gasteiger charge is -2.05. The monoisotopic (exact) mass is 347 g/mol. The molecular formula is C11H14BrN3OS2. The van der Waals surface area contributed by atoms with E-state index < -0.39 is 0 Å². The molecule has 0 atom stereocenters. The molecule has 0 N–H and O–H groups in total. The van der Waals surface area contributed by atoms with Gasteiger partial charge in [0.05, 0.1) is 3.79 Å². The van der Waals surface area contributed by atoms with Crippen LogP contribution >= 0.6 is 39.0 Å². The van der Waals surface area contributed by atoms with Crippen molar-refractivity contribution in [3.8, 4) is 0 Å². The van der Waals surface area contributed by atoms with Gasteiger partial charge in [0.25, 0.3) is 0 Å². The van der Waals surface area contributed by atoms with Crippen LogP contribution in [0.5, 0.6) is 0 Å². The lowest BCUT2D eigenvalue weighted by Crippen LogP contribution is -2.01. The molecular weight excluding hydrogens is 334 g/mol. The second kappa shape index (κ2) is 7.28. The van der Waals surface area contributed by atoms with Crippen LogP contribution in [0.3, 0.4) is 0 Å². The quantitative estimate of drug-likeness (QED) is 0.568. The van der Waals surface area contributed by atoms with E-state index in [-0.39, 0.29) is 0 Å². The Labute approximate surface area is 123 Å². The van der Waals surface area contributed by atoms with Crippen molar-refractivity contribution in [2.24, 2.45) is 0 Å². The fourth-order valence-corrected chi connectivity index (χ4v) is 3.64. The number of aryl methyl sites for hydroxylation is 1. The number of methoxy groups -OCH3 is 1. The van der Waals surface area contributed by atoms with Gasteiger partial charge in [-0.1, -0.05) is 11.8 Å². The summed E-state index contributed by atoms with van der Waals surface area (Å²) in [6.07, 6.45) is 2.76. The normalized spacial score (nSPS) is 11.0. The van der Waals surface area contributed by atoms with Gasteiger partial charge in [0.2, 0.25) is 0 Å². The maximum Gasteiger partial charge on any atom is 0.191 e. The highest BCUT2D eigenvalue weighted by Crippen LogP contribution is 2.26. The van der Waals surface area contributed by atoms with Crippen molar-refractivity contribution < 1.29 is 4.74 Å². The largest absolute Gasteiger partial charge is 0.385 e. The summed E-state index contributed by atoms with van der Waals surface area (Å²) < 4.78 is 8.29. The third-order valence-corrected chi connectivity index (χ3v) is 4.92. The molecule has 2 heterocycles. The standard InChI is InChI=1S/C11H14BrN3OS2/c1-16-4-2-3-15-8-13-14-11(15)18-7-9-5-10(12)17-6-9/h5-6,8H,2-4,7H2,1H3. The van der Waals surface area contributed by atoms with E-state index in [0.29, 0.717) is 0 Å². The number of hydrogen-bond acceptors (Lipinski definition) is 5. The number of aromatic nitrogens is 3. The molecule has 0 unspecified atom stereocenters. The average molecular weight is 348 g/mol.